The van der Waals surface area contributed by atoms with Crippen molar-refractivity contribution in [2.24, 2.45) is 5.10 Å². The lowest BCUT2D eigenvalue weighted by atomic mass is 10.2. The minimum atomic E-state index is -0.444. The number of hydrogen-bond donors (Lipinski definition) is 1. The summed E-state index contributed by atoms with van der Waals surface area (Å²) in [5.41, 5.74) is 4.45. The molecule has 34 heavy (non-hydrogen) atoms. The number of nitrogens with zero attached hydrogens (tertiary/aromatic N) is 2. The largest absolute Gasteiger partial charge is 0.490 e. The van der Waals surface area contributed by atoms with Crippen LogP contribution in [0.15, 0.2) is 71.8 Å². The summed E-state index contributed by atoms with van der Waals surface area (Å²) in [6, 6.07) is 18.3. The van der Waals surface area contributed by atoms with Gasteiger partial charge >= 0.3 is 0 Å². The zero-order valence-electron chi connectivity index (χ0n) is 18.9. The fourth-order valence-electron chi connectivity index (χ4n) is 2.99. The van der Waals surface area contributed by atoms with E-state index in [1.54, 1.807) is 48.5 Å². The molecular formula is C25H25N3O6. The van der Waals surface area contributed by atoms with E-state index in [0.717, 1.165) is 11.1 Å². The fourth-order valence-corrected chi connectivity index (χ4v) is 2.99. The molecule has 0 radical (unpaired) electrons. The van der Waals surface area contributed by atoms with Gasteiger partial charge in [0, 0.05) is 17.7 Å². The highest BCUT2D eigenvalue weighted by Crippen LogP contribution is 2.28. The Kier molecular flexibility index (Phi) is 8.56. The number of carbonyl (C=O) groups excluding carboxylic acids is 1. The second-order valence-corrected chi connectivity index (χ2v) is 7.01. The van der Waals surface area contributed by atoms with Gasteiger partial charge in [0.05, 0.1) is 24.4 Å². The van der Waals surface area contributed by atoms with Crippen LogP contribution in [0.4, 0.5) is 5.69 Å². The first-order valence-electron chi connectivity index (χ1n) is 10.7. The molecule has 3 rings (SSSR count). The summed E-state index contributed by atoms with van der Waals surface area (Å²) in [6.45, 7) is 4.94. The number of non-ortho nitro benzene ring substituents is 1. The molecule has 0 aliphatic rings. The van der Waals surface area contributed by atoms with Gasteiger partial charge in [-0.05, 0) is 67.4 Å². The summed E-state index contributed by atoms with van der Waals surface area (Å²) >= 11 is 0. The summed E-state index contributed by atoms with van der Waals surface area (Å²) in [7, 11) is 0. The number of nitrogens with one attached hydrogen (secondary N) is 1. The molecule has 0 spiro atoms. The Morgan fingerprint density at radius 3 is 2.41 bits per heavy atom. The molecule has 0 aromatic heterocycles. The minimum absolute atomic E-state index is 0.0309. The molecule has 1 N–H and O–H groups in total. The van der Waals surface area contributed by atoms with Gasteiger partial charge in [0.15, 0.2) is 11.5 Å². The van der Waals surface area contributed by atoms with Crippen molar-refractivity contribution in [1.29, 1.82) is 0 Å². The lowest BCUT2D eigenvalue weighted by Gasteiger charge is -2.11. The van der Waals surface area contributed by atoms with Crippen LogP contribution in [0.1, 0.15) is 35.3 Å². The van der Waals surface area contributed by atoms with Crippen LogP contribution >= 0.6 is 0 Å². The van der Waals surface area contributed by atoms with Crippen LogP contribution in [-0.2, 0) is 6.61 Å². The highest BCUT2D eigenvalue weighted by atomic mass is 16.6. The fraction of sp³-hybridized carbons (Fsp3) is 0.200. The van der Waals surface area contributed by atoms with Gasteiger partial charge in [-0.15, -0.1) is 0 Å². The topological polar surface area (TPSA) is 112 Å². The van der Waals surface area contributed by atoms with Gasteiger partial charge in [-0.1, -0.05) is 12.1 Å². The molecule has 0 bridgehead atoms. The van der Waals surface area contributed by atoms with Gasteiger partial charge in [-0.3, -0.25) is 14.9 Å². The lowest BCUT2D eigenvalue weighted by Crippen LogP contribution is -2.17. The van der Waals surface area contributed by atoms with E-state index < -0.39 is 4.92 Å². The van der Waals surface area contributed by atoms with Crippen LogP contribution in [0, 0.1) is 10.1 Å². The zero-order valence-corrected chi connectivity index (χ0v) is 18.9. The first-order chi connectivity index (χ1) is 16.5. The van der Waals surface area contributed by atoms with E-state index in [4.69, 9.17) is 14.2 Å². The highest BCUT2D eigenvalue weighted by molar-refractivity contribution is 5.95. The van der Waals surface area contributed by atoms with Crippen molar-refractivity contribution in [3.8, 4) is 17.2 Å². The Labute approximate surface area is 197 Å². The van der Waals surface area contributed by atoms with Crippen molar-refractivity contribution < 1.29 is 23.9 Å². The molecule has 0 saturated heterocycles. The second kappa shape index (κ2) is 12.0. The molecule has 0 heterocycles. The highest BCUT2D eigenvalue weighted by Gasteiger charge is 2.11. The van der Waals surface area contributed by atoms with Crippen molar-refractivity contribution in [2.75, 3.05) is 13.2 Å². The molecular weight excluding hydrogens is 438 g/mol. The SMILES string of the molecule is CCOc1ccc(C(=O)N/N=C/c2cccc(OCc3ccc([N+](=O)[O-])cc3)c2)cc1OCC. The summed E-state index contributed by atoms with van der Waals surface area (Å²) in [6.07, 6.45) is 1.51. The van der Waals surface area contributed by atoms with Gasteiger partial charge in [-0.25, -0.2) is 5.43 Å². The molecule has 0 atom stereocenters. The van der Waals surface area contributed by atoms with Crippen molar-refractivity contribution in [3.05, 3.63) is 93.5 Å². The maximum Gasteiger partial charge on any atom is 0.271 e. The quantitative estimate of drug-likeness (QED) is 0.250. The average Bonchev–Trinajstić information content (AvgIpc) is 2.84. The summed E-state index contributed by atoms with van der Waals surface area (Å²) in [5.74, 6) is 1.29. The third-order valence-electron chi connectivity index (χ3n) is 4.60. The Bertz CT molecular complexity index is 1160. The molecule has 9 nitrogen and oxygen atoms in total. The number of amides is 1. The van der Waals surface area contributed by atoms with Crippen LogP contribution in [0.2, 0.25) is 0 Å². The molecule has 3 aromatic rings. The molecule has 0 saturated carbocycles. The van der Waals surface area contributed by atoms with E-state index in [2.05, 4.69) is 10.5 Å². The smallest absolute Gasteiger partial charge is 0.271 e. The van der Waals surface area contributed by atoms with E-state index >= 15 is 0 Å². The predicted octanol–water partition coefficient (Wildman–Crippen LogP) is 4.74. The normalized spacial score (nSPS) is 10.6. The minimum Gasteiger partial charge on any atom is -0.490 e. The summed E-state index contributed by atoms with van der Waals surface area (Å²) in [4.78, 5) is 22.8. The second-order valence-electron chi connectivity index (χ2n) is 7.01. The molecule has 0 aliphatic carbocycles. The van der Waals surface area contributed by atoms with E-state index in [1.807, 2.05) is 19.9 Å². The Balaban J connectivity index is 1.58. The number of ether oxygens (including phenoxy) is 3. The molecule has 1 amide bonds. The maximum absolute atomic E-state index is 12.5. The third-order valence-corrected chi connectivity index (χ3v) is 4.60. The number of hydrogen-bond acceptors (Lipinski definition) is 7. The Hall–Kier alpha value is -4.40. The first kappa shape index (κ1) is 24.2. The zero-order chi connectivity index (χ0) is 24.3. The van der Waals surface area contributed by atoms with E-state index in [1.165, 1.54) is 18.3 Å². The molecule has 176 valence electrons. The number of hydrazone groups is 1. The van der Waals surface area contributed by atoms with Crippen molar-refractivity contribution in [1.82, 2.24) is 5.43 Å². The van der Waals surface area contributed by atoms with Crippen LogP contribution < -0.4 is 19.6 Å². The van der Waals surface area contributed by atoms with E-state index in [0.29, 0.717) is 36.0 Å². The summed E-state index contributed by atoms with van der Waals surface area (Å²) < 4.78 is 16.8. The number of nitro benzene ring substituents is 1. The van der Waals surface area contributed by atoms with Gasteiger partial charge in [0.25, 0.3) is 11.6 Å². The Morgan fingerprint density at radius 2 is 1.71 bits per heavy atom. The molecule has 0 unspecified atom stereocenters. The summed E-state index contributed by atoms with van der Waals surface area (Å²) in [5, 5.41) is 14.8. The predicted molar refractivity (Wildman–Crippen MR) is 128 cm³/mol. The number of rotatable bonds is 11. The standard InChI is InChI=1S/C25H25N3O6/c1-3-32-23-13-10-20(15-24(23)33-4-2)25(29)27-26-16-19-6-5-7-22(14-19)34-17-18-8-11-21(12-9-18)28(30)31/h5-16H,3-4,17H2,1-2H3,(H,27,29)/b26-16+. The Morgan fingerprint density at radius 1 is 0.971 bits per heavy atom. The van der Waals surface area contributed by atoms with Gasteiger partial charge in [-0.2, -0.15) is 5.10 Å². The number of nitro groups is 1. The van der Waals surface area contributed by atoms with Crippen LogP contribution in [0.25, 0.3) is 0 Å². The van der Waals surface area contributed by atoms with Crippen LogP contribution in [0.3, 0.4) is 0 Å². The molecule has 3 aromatic carbocycles. The van der Waals surface area contributed by atoms with Crippen molar-refractivity contribution in [2.45, 2.75) is 20.5 Å². The number of carbonyl (C=O) groups is 1. The van der Waals surface area contributed by atoms with Crippen LogP contribution in [-0.4, -0.2) is 30.3 Å². The maximum atomic E-state index is 12.5. The molecule has 0 aliphatic heterocycles. The van der Waals surface area contributed by atoms with Gasteiger partial charge < -0.3 is 14.2 Å². The van der Waals surface area contributed by atoms with Crippen molar-refractivity contribution in [3.63, 3.8) is 0 Å². The molecule has 0 fully saturated rings. The van der Waals surface area contributed by atoms with E-state index in [-0.39, 0.29) is 18.2 Å². The van der Waals surface area contributed by atoms with Crippen LogP contribution in [0.5, 0.6) is 17.2 Å². The third kappa shape index (κ3) is 6.80. The van der Waals surface area contributed by atoms with Crippen molar-refractivity contribution >= 4 is 17.8 Å². The first-order valence-corrected chi connectivity index (χ1v) is 10.7. The molecule has 9 heteroatoms. The van der Waals surface area contributed by atoms with Gasteiger partial charge in [0.1, 0.15) is 12.4 Å². The van der Waals surface area contributed by atoms with Gasteiger partial charge in [0.2, 0.25) is 0 Å². The average molecular weight is 463 g/mol. The lowest BCUT2D eigenvalue weighted by molar-refractivity contribution is -0.384. The van der Waals surface area contributed by atoms with E-state index in [9.17, 15) is 14.9 Å². The number of benzene rings is 3. The monoisotopic (exact) mass is 463 g/mol.